The summed E-state index contributed by atoms with van der Waals surface area (Å²) in [5.74, 6) is 1.39. The fraction of sp³-hybridized carbons (Fsp3) is 0.429. The molecule has 3 heterocycles. The van der Waals surface area contributed by atoms with Crippen molar-refractivity contribution >= 4 is 11.7 Å². The van der Waals surface area contributed by atoms with Crippen molar-refractivity contribution in [3.8, 4) is 5.75 Å². The molecule has 4 rings (SSSR count). The Bertz CT molecular complexity index is 1030. The maximum Gasteiger partial charge on any atom is 0.275 e. The number of nitrogens with one attached hydrogen (secondary N) is 2. The number of rotatable bonds is 7. The number of carbonyl (C=O) groups is 1. The van der Waals surface area contributed by atoms with Gasteiger partial charge in [-0.3, -0.25) is 19.6 Å². The minimum atomic E-state index is -0.259. The second-order valence-corrected chi connectivity index (χ2v) is 7.58. The third-order valence-corrected chi connectivity index (χ3v) is 5.37. The average Bonchev–Trinajstić information content (AvgIpc) is 3.44. The lowest BCUT2D eigenvalue weighted by atomic mass is 10.0. The van der Waals surface area contributed by atoms with E-state index in [1.165, 1.54) is 4.68 Å². The van der Waals surface area contributed by atoms with Gasteiger partial charge in [-0.25, -0.2) is 0 Å². The summed E-state index contributed by atoms with van der Waals surface area (Å²) >= 11 is 0. The summed E-state index contributed by atoms with van der Waals surface area (Å²) in [6, 6.07) is 7.45. The van der Waals surface area contributed by atoms with Crippen LogP contribution >= 0.6 is 0 Å². The van der Waals surface area contributed by atoms with Gasteiger partial charge in [0.05, 0.1) is 24.1 Å². The normalized spacial score (nSPS) is 18.5. The first-order chi connectivity index (χ1) is 14.5. The van der Waals surface area contributed by atoms with Gasteiger partial charge in [-0.15, -0.1) is 0 Å². The Hall–Kier alpha value is -3.20. The van der Waals surface area contributed by atoms with Gasteiger partial charge in [-0.2, -0.15) is 10.2 Å². The van der Waals surface area contributed by atoms with Crippen LogP contribution in [0.5, 0.6) is 5.75 Å². The van der Waals surface area contributed by atoms with Crippen LogP contribution in [0.4, 0.5) is 5.82 Å². The summed E-state index contributed by atoms with van der Waals surface area (Å²) in [6.07, 6.45) is 4.78. The summed E-state index contributed by atoms with van der Waals surface area (Å²) < 4.78 is 12.7. The van der Waals surface area contributed by atoms with Gasteiger partial charge in [-0.1, -0.05) is 0 Å². The zero-order valence-electron chi connectivity index (χ0n) is 17.4. The molecule has 2 atom stereocenters. The molecule has 1 saturated carbocycles. The molecule has 1 fully saturated rings. The summed E-state index contributed by atoms with van der Waals surface area (Å²) in [5, 5.41) is 14.4. The van der Waals surface area contributed by atoms with Crippen LogP contribution in [0.25, 0.3) is 0 Å². The highest BCUT2D eigenvalue weighted by Gasteiger charge is 2.29. The van der Waals surface area contributed by atoms with Crippen molar-refractivity contribution in [3.05, 3.63) is 53.2 Å². The molecule has 9 heteroatoms. The molecular weight excluding hydrogens is 384 g/mol. The number of amides is 1. The monoisotopic (exact) mass is 410 g/mol. The van der Waals surface area contributed by atoms with Gasteiger partial charge in [0.15, 0.2) is 5.82 Å². The third kappa shape index (κ3) is 4.35. The zero-order chi connectivity index (χ0) is 21.1. The Kier molecular flexibility index (Phi) is 5.80. The smallest absolute Gasteiger partial charge is 0.275 e. The van der Waals surface area contributed by atoms with E-state index < -0.39 is 0 Å². The largest absolute Gasteiger partial charge is 0.489 e. The van der Waals surface area contributed by atoms with Gasteiger partial charge in [0.1, 0.15) is 11.4 Å². The van der Waals surface area contributed by atoms with E-state index in [-0.39, 0.29) is 12.0 Å². The number of nitrogens with zero attached hydrogens (tertiary/aromatic N) is 4. The van der Waals surface area contributed by atoms with Crippen LogP contribution in [0.2, 0.25) is 0 Å². The highest BCUT2D eigenvalue weighted by molar-refractivity contribution is 6.02. The van der Waals surface area contributed by atoms with Gasteiger partial charge in [0.25, 0.3) is 5.91 Å². The van der Waals surface area contributed by atoms with Crippen LogP contribution in [0.15, 0.2) is 30.5 Å². The molecule has 30 heavy (non-hydrogen) atoms. The molecule has 0 unspecified atom stereocenters. The van der Waals surface area contributed by atoms with Crippen molar-refractivity contribution in [2.75, 3.05) is 12.4 Å². The number of aryl methyl sites for hydroxylation is 2. The first-order valence-corrected chi connectivity index (χ1v) is 10.00. The van der Waals surface area contributed by atoms with Gasteiger partial charge in [0, 0.05) is 38.0 Å². The Morgan fingerprint density at radius 3 is 3.03 bits per heavy atom. The van der Waals surface area contributed by atoms with Crippen molar-refractivity contribution in [1.29, 1.82) is 0 Å². The third-order valence-electron chi connectivity index (χ3n) is 5.37. The van der Waals surface area contributed by atoms with Crippen molar-refractivity contribution in [2.45, 2.75) is 44.8 Å². The van der Waals surface area contributed by atoms with Crippen LogP contribution in [0, 0.1) is 6.92 Å². The standard InChI is InChI=1S/C21H26N6O3/c1-13-19(5-4-8-22-13)30-16-7-6-14(9-16)17-11-20(25-24-17)23-21(28)18-10-15(12-29-3)26-27(18)2/h4-5,8,10-11,14,16H,6-7,9,12H2,1-3H3,(H2,23,24,25,28)/t14-,16+/m0/s1. The molecule has 0 radical (unpaired) electrons. The van der Waals surface area contributed by atoms with Gasteiger partial charge in [0.2, 0.25) is 0 Å². The number of anilines is 1. The van der Waals surface area contributed by atoms with Crippen LogP contribution in [0.3, 0.4) is 0 Å². The van der Waals surface area contributed by atoms with Crippen LogP contribution < -0.4 is 10.1 Å². The Morgan fingerprint density at radius 2 is 2.23 bits per heavy atom. The topological polar surface area (TPSA) is 107 Å². The van der Waals surface area contributed by atoms with E-state index in [0.29, 0.717) is 29.7 Å². The quantitative estimate of drug-likeness (QED) is 0.620. The van der Waals surface area contributed by atoms with E-state index in [9.17, 15) is 4.79 Å². The predicted molar refractivity (Wildman–Crippen MR) is 110 cm³/mol. The lowest BCUT2D eigenvalue weighted by Crippen LogP contribution is -2.16. The minimum Gasteiger partial charge on any atom is -0.489 e. The molecule has 1 aliphatic carbocycles. The van der Waals surface area contributed by atoms with Crippen LogP contribution in [0.1, 0.15) is 52.8 Å². The van der Waals surface area contributed by atoms with Crippen LogP contribution in [-0.2, 0) is 18.4 Å². The molecule has 0 saturated heterocycles. The molecule has 158 valence electrons. The number of ether oxygens (including phenoxy) is 2. The zero-order valence-corrected chi connectivity index (χ0v) is 17.4. The number of hydrogen-bond acceptors (Lipinski definition) is 6. The number of methoxy groups -OCH3 is 1. The Morgan fingerprint density at radius 1 is 1.37 bits per heavy atom. The molecule has 3 aromatic rings. The molecule has 0 aromatic carbocycles. The number of carbonyl (C=O) groups excluding carboxylic acids is 1. The molecule has 0 aliphatic heterocycles. The summed E-state index contributed by atoms with van der Waals surface area (Å²) in [5.41, 5.74) is 3.06. The minimum absolute atomic E-state index is 0.146. The number of pyridine rings is 1. The Labute approximate surface area is 174 Å². The van der Waals surface area contributed by atoms with E-state index in [2.05, 4.69) is 25.6 Å². The van der Waals surface area contributed by atoms with E-state index >= 15 is 0 Å². The predicted octanol–water partition coefficient (Wildman–Crippen LogP) is 2.96. The molecule has 1 aliphatic rings. The number of hydrogen-bond donors (Lipinski definition) is 2. The van der Waals surface area contributed by atoms with Crippen molar-refractivity contribution in [2.24, 2.45) is 7.05 Å². The van der Waals surface area contributed by atoms with E-state index in [1.807, 2.05) is 25.1 Å². The second kappa shape index (κ2) is 8.66. The van der Waals surface area contributed by atoms with Gasteiger partial charge < -0.3 is 14.8 Å². The number of H-pyrrole nitrogens is 1. The molecule has 1 amide bonds. The maximum absolute atomic E-state index is 12.6. The first-order valence-electron chi connectivity index (χ1n) is 10.00. The lowest BCUT2D eigenvalue weighted by molar-refractivity contribution is 0.101. The first kappa shape index (κ1) is 20.1. The molecule has 0 spiro atoms. The summed E-state index contributed by atoms with van der Waals surface area (Å²) in [6.45, 7) is 2.31. The maximum atomic E-state index is 12.6. The van der Waals surface area contributed by atoms with E-state index in [0.717, 1.165) is 36.4 Å². The van der Waals surface area contributed by atoms with Crippen molar-refractivity contribution in [1.82, 2.24) is 25.0 Å². The van der Waals surface area contributed by atoms with Crippen LogP contribution in [-0.4, -0.2) is 44.1 Å². The average molecular weight is 410 g/mol. The lowest BCUT2D eigenvalue weighted by Gasteiger charge is -2.15. The van der Waals surface area contributed by atoms with Gasteiger partial charge >= 0.3 is 0 Å². The fourth-order valence-electron chi connectivity index (χ4n) is 3.85. The highest BCUT2D eigenvalue weighted by atomic mass is 16.5. The fourth-order valence-corrected chi connectivity index (χ4v) is 3.85. The molecule has 3 aromatic heterocycles. The van der Waals surface area contributed by atoms with Crippen molar-refractivity contribution < 1.29 is 14.3 Å². The highest BCUT2D eigenvalue weighted by Crippen LogP contribution is 2.36. The molecule has 0 bridgehead atoms. The van der Waals surface area contributed by atoms with Crippen molar-refractivity contribution in [3.63, 3.8) is 0 Å². The number of aromatic amines is 1. The molecule has 2 N–H and O–H groups in total. The summed E-state index contributed by atoms with van der Waals surface area (Å²) in [4.78, 5) is 16.9. The van der Waals surface area contributed by atoms with Gasteiger partial charge in [-0.05, 0) is 44.4 Å². The molecule has 9 nitrogen and oxygen atoms in total. The summed E-state index contributed by atoms with van der Waals surface area (Å²) in [7, 11) is 3.32. The van der Waals surface area contributed by atoms with E-state index in [4.69, 9.17) is 9.47 Å². The Balaban J connectivity index is 1.36. The second-order valence-electron chi connectivity index (χ2n) is 7.58. The number of aromatic nitrogens is 5. The molecular formula is C21H26N6O3. The SMILES string of the molecule is COCc1cc(C(=O)Nc2cc([C@H]3CC[C@@H](Oc4cccnc4C)C3)[nH]n2)n(C)n1. The van der Waals surface area contributed by atoms with E-state index in [1.54, 1.807) is 26.4 Å².